The van der Waals surface area contributed by atoms with Gasteiger partial charge in [0.05, 0.1) is 13.2 Å². The Hall–Kier alpha value is -0.610. The predicted molar refractivity (Wildman–Crippen MR) is 62.6 cm³/mol. The van der Waals surface area contributed by atoms with Crippen LogP contribution >= 0.6 is 0 Å². The maximum Gasteiger partial charge on any atom is 0.335 e. The van der Waals surface area contributed by atoms with Crippen LogP contribution in [0.1, 0.15) is 46.0 Å². The fourth-order valence-corrected chi connectivity index (χ4v) is 1.48. The number of ether oxygens (including phenoxy) is 2. The minimum absolute atomic E-state index is 0.326. The van der Waals surface area contributed by atoms with Gasteiger partial charge in [0.1, 0.15) is 0 Å². The Balaban J connectivity index is 3.96. The first-order valence-electron chi connectivity index (χ1n) is 5.93. The largest absolute Gasteiger partial charge is 0.479 e. The van der Waals surface area contributed by atoms with E-state index in [0.29, 0.717) is 19.6 Å². The van der Waals surface area contributed by atoms with Crippen molar-refractivity contribution in [1.29, 1.82) is 0 Å². The second kappa shape index (κ2) is 8.53. The summed E-state index contributed by atoms with van der Waals surface area (Å²) >= 11 is 0. The van der Waals surface area contributed by atoms with Gasteiger partial charge in [-0.3, -0.25) is 0 Å². The molecular formula is C12H24O4. The van der Waals surface area contributed by atoms with Crippen molar-refractivity contribution in [2.45, 2.75) is 51.6 Å². The number of carboxylic acids is 1. The van der Waals surface area contributed by atoms with E-state index in [1.54, 1.807) is 14.0 Å². The van der Waals surface area contributed by atoms with E-state index in [9.17, 15) is 4.79 Å². The van der Waals surface area contributed by atoms with Gasteiger partial charge in [0.2, 0.25) is 0 Å². The van der Waals surface area contributed by atoms with Crippen LogP contribution in [-0.4, -0.2) is 37.0 Å². The lowest BCUT2D eigenvalue weighted by Crippen LogP contribution is -2.39. The molecule has 0 aliphatic rings. The normalized spacial score (nSPS) is 14.7. The van der Waals surface area contributed by atoms with Gasteiger partial charge in [0.25, 0.3) is 0 Å². The van der Waals surface area contributed by atoms with Crippen molar-refractivity contribution in [2.75, 3.05) is 20.3 Å². The lowest BCUT2D eigenvalue weighted by atomic mass is 9.98. The Labute approximate surface area is 97.9 Å². The number of carbonyl (C=O) groups is 1. The monoisotopic (exact) mass is 232 g/mol. The summed E-state index contributed by atoms with van der Waals surface area (Å²) in [4.78, 5) is 11.1. The standard InChI is InChI=1S/C12H24O4/c1-4-5-6-7-8-12(2,11(13)14)16-10-9-15-3/h4-10H2,1-3H3,(H,13,14). The molecule has 0 amide bonds. The Morgan fingerprint density at radius 1 is 1.25 bits per heavy atom. The van der Waals surface area contributed by atoms with Gasteiger partial charge < -0.3 is 14.6 Å². The van der Waals surface area contributed by atoms with E-state index >= 15 is 0 Å². The van der Waals surface area contributed by atoms with Crippen molar-refractivity contribution in [3.63, 3.8) is 0 Å². The van der Waals surface area contributed by atoms with Crippen LogP contribution in [0, 0.1) is 0 Å². The molecule has 0 radical (unpaired) electrons. The van der Waals surface area contributed by atoms with Crippen molar-refractivity contribution in [2.24, 2.45) is 0 Å². The number of unbranched alkanes of at least 4 members (excludes halogenated alkanes) is 3. The lowest BCUT2D eigenvalue weighted by molar-refractivity contribution is -0.166. The molecule has 0 saturated carbocycles. The highest BCUT2D eigenvalue weighted by Crippen LogP contribution is 2.20. The van der Waals surface area contributed by atoms with Gasteiger partial charge in [-0.25, -0.2) is 4.79 Å². The Morgan fingerprint density at radius 3 is 2.44 bits per heavy atom. The molecule has 0 aliphatic carbocycles. The summed E-state index contributed by atoms with van der Waals surface area (Å²) in [5.41, 5.74) is -1.06. The van der Waals surface area contributed by atoms with E-state index in [-0.39, 0.29) is 0 Å². The number of methoxy groups -OCH3 is 1. The highest BCUT2D eigenvalue weighted by molar-refractivity contribution is 5.76. The average Bonchev–Trinajstić information content (AvgIpc) is 2.25. The predicted octanol–water partition coefficient (Wildman–Crippen LogP) is 2.46. The fourth-order valence-electron chi connectivity index (χ4n) is 1.48. The van der Waals surface area contributed by atoms with E-state index in [2.05, 4.69) is 6.92 Å². The molecule has 0 rings (SSSR count). The third-order valence-electron chi connectivity index (χ3n) is 2.67. The maximum absolute atomic E-state index is 11.1. The van der Waals surface area contributed by atoms with Crippen LogP contribution in [0.4, 0.5) is 0 Å². The molecule has 0 heterocycles. The number of aliphatic carboxylic acids is 1. The Bertz CT molecular complexity index is 193. The van der Waals surface area contributed by atoms with Crippen molar-refractivity contribution in [3.05, 3.63) is 0 Å². The van der Waals surface area contributed by atoms with Crippen molar-refractivity contribution < 1.29 is 19.4 Å². The molecule has 16 heavy (non-hydrogen) atoms. The number of hydrogen-bond donors (Lipinski definition) is 1. The molecule has 4 heteroatoms. The first kappa shape index (κ1) is 15.4. The molecule has 0 aliphatic heterocycles. The van der Waals surface area contributed by atoms with Crippen molar-refractivity contribution in [3.8, 4) is 0 Å². The van der Waals surface area contributed by atoms with Crippen LogP contribution in [-0.2, 0) is 14.3 Å². The molecule has 0 fully saturated rings. The van der Waals surface area contributed by atoms with Crippen molar-refractivity contribution >= 4 is 5.97 Å². The third-order valence-corrected chi connectivity index (χ3v) is 2.67. The summed E-state index contributed by atoms with van der Waals surface area (Å²) in [6.07, 6.45) is 4.81. The van der Waals surface area contributed by atoms with Gasteiger partial charge in [-0.15, -0.1) is 0 Å². The zero-order valence-electron chi connectivity index (χ0n) is 10.6. The summed E-state index contributed by atoms with van der Waals surface area (Å²) in [5, 5.41) is 9.12. The Kier molecular flexibility index (Phi) is 8.21. The molecule has 1 atom stereocenters. The number of hydrogen-bond acceptors (Lipinski definition) is 3. The van der Waals surface area contributed by atoms with E-state index in [4.69, 9.17) is 14.6 Å². The lowest BCUT2D eigenvalue weighted by Gasteiger charge is -2.25. The van der Waals surface area contributed by atoms with Crippen molar-refractivity contribution in [1.82, 2.24) is 0 Å². The second-order valence-corrected chi connectivity index (χ2v) is 4.19. The first-order valence-corrected chi connectivity index (χ1v) is 5.93. The van der Waals surface area contributed by atoms with Gasteiger partial charge in [-0.05, 0) is 19.8 Å². The number of carboxylic acid groups (broad SMARTS) is 1. The van der Waals surface area contributed by atoms with Crippen LogP contribution in [0.5, 0.6) is 0 Å². The molecule has 4 nitrogen and oxygen atoms in total. The highest BCUT2D eigenvalue weighted by Gasteiger charge is 2.33. The Morgan fingerprint density at radius 2 is 1.94 bits per heavy atom. The van der Waals surface area contributed by atoms with Crippen LogP contribution in [0.2, 0.25) is 0 Å². The summed E-state index contributed by atoms with van der Waals surface area (Å²) in [7, 11) is 1.57. The molecule has 0 spiro atoms. The molecule has 0 aromatic carbocycles. The van der Waals surface area contributed by atoms with E-state index in [1.807, 2.05) is 0 Å². The van der Waals surface area contributed by atoms with Crippen LogP contribution in [0.15, 0.2) is 0 Å². The summed E-state index contributed by atoms with van der Waals surface area (Å²) in [6, 6.07) is 0. The summed E-state index contributed by atoms with van der Waals surface area (Å²) in [6.45, 7) is 4.52. The van der Waals surface area contributed by atoms with Crippen LogP contribution in [0.25, 0.3) is 0 Å². The molecule has 1 unspecified atom stereocenters. The van der Waals surface area contributed by atoms with Crippen LogP contribution < -0.4 is 0 Å². The zero-order chi connectivity index (χ0) is 12.4. The molecule has 0 bridgehead atoms. The molecule has 0 saturated heterocycles. The van der Waals surface area contributed by atoms with Gasteiger partial charge in [-0.1, -0.05) is 26.2 Å². The zero-order valence-corrected chi connectivity index (χ0v) is 10.6. The van der Waals surface area contributed by atoms with Gasteiger partial charge in [-0.2, -0.15) is 0 Å². The van der Waals surface area contributed by atoms with Crippen LogP contribution in [0.3, 0.4) is 0 Å². The van der Waals surface area contributed by atoms with E-state index in [0.717, 1.165) is 25.7 Å². The van der Waals surface area contributed by atoms with E-state index in [1.165, 1.54) is 0 Å². The molecule has 1 N–H and O–H groups in total. The topological polar surface area (TPSA) is 55.8 Å². The minimum atomic E-state index is -1.06. The molecular weight excluding hydrogens is 208 g/mol. The van der Waals surface area contributed by atoms with Gasteiger partial charge in [0, 0.05) is 7.11 Å². The average molecular weight is 232 g/mol. The molecule has 96 valence electrons. The summed E-state index contributed by atoms with van der Waals surface area (Å²) < 4.78 is 10.2. The SMILES string of the molecule is CCCCCCC(C)(OCCOC)C(=O)O. The molecule has 0 aromatic rings. The first-order chi connectivity index (χ1) is 7.56. The smallest absolute Gasteiger partial charge is 0.335 e. The minimum Gasteiger partial charge on any atom is -0.479 e. The molecule has 0 aromatic heterocycles. The fraction of sp³-hybridized carbons (Fsp3) is 0.917. The van der Waals surface area contributed by atoms with Gasteiger partial charge in [0.15, 0.2) is 5.60 Å². The number of rotatable bonds is 10. The summed E-state index contributed by atoms with van der Waals surface area (Å²) in [5.74, 6) is -0.889. The van der Waals surface area contributed by atoms with E-state index < -0.39 is 11.6 Å². The van der Waals surface area contributed by atoms with Gasteiger partial charge >= 0.3 is 5.97 Å². The highest BCUT2D eigenvalue weighted by atomic mass is 16.5. The quantitative estimate of drug-likeness (QED) is 0.588. The second-order valence-electron chi connectivity index (χ2n) is 4.19. The maximum atomic E-state index is 11.1. The third kappa shape index (κ3) is 6.08.